The van der Waals surface area contributed by atoms with E-state index in [2.05, 4.69) is 0 Å². The van der Waals surface area contributed by atoms with E-state index in [1.807, 2.05) is 37.3 Å². The minimum Gasteiger partial charge on any atom is -0.481 e. The monoisotopic (exact) mass is 164 g/mol. The number of aliphatic hydroxyl groups is 1. The minimum absolute atomic E-state index is 0.0267. The zero-order valence-electron chi connectivity index (χ0n) is 7.24. The van der Waals surface area contributed by atoms with Gasteiger partial charge in [-0.25, -0.2) is 0 Å². The molecule has 0 unspecified atom stereocenters. The van der Waals surface area contributed by atoms with Crippen LogP contribution in [0.4, 0.5) is 0 Å². The predicted molar refractivity (Wildman–Crippen MR) is 48.7 cm³/mol. The summed E-state index contributed by atoms with van der Waals surface area (Å²) in [7, 11) is 1.45. The molecule has 0 saturated heterocycles. The summed E-state index contributed by atoms with van der Waals surface area (Å²) < 4.78 is 4.70. The first-order chi connectivity index (χ1) is 5.75. The zero-order valence-corrected chi connectivity index (χ0v) is 7.24. The molecule has 0 aliphatic carbocycles. The number of ether oxygens (including phenoxy) is 1. The Labute approximate surface area is 72.1 Å². The second-order valence-electron chi connectivity index (χ2n) is 2.50. The summed E-state index contributed by atoms with van der Waals surface area (Å²) in [5.41, 5.74) is 1.72. The summed E-state index contributed by atoms with van der Waals surface area (Å²) >= 11 is 0. The predicted octanol–water partition coefficient (Wildman–Crippen LogP) is 2.58. The average molecular weight is 164 g/mol. The maximum absolute atomic E-state index is 9.24. The fraction of sp³-hybridized carbons (Fsp3) is 0.200. The van der Waals surface area contributed by atoms with Crippen molar-refractivity contribution in [3.05, 3.63) is 41.8 Å². The van der Waals surface area contributed by atoms with Gasteiger partial charge in [0.25, 0.3) is 5.95 Å². The lowest BCUT2D eigenvalue weighted by Crippen LogP contribution is -1.89. The van der Waals surface area contributed by atoms with Crippen molar-refractivity contribution in [3.8, 4) is 0 Å². The third kappa shape index (κ3) is 1.78. The van der Waals surface area contributed by atoms with Crippen LogP contribution in [0.3, 0.4) is 0 Å². The third-order valence-electron chi connectivity index (χ3n) is 1.72. The van der Waals surface area contributed by atoms with Gasteiger partial charge < -0.3 is 9.84 Å². The summed E-state index contributed by atoms with van der Waals surface area (Å²) in [6.07, 6.45) is 0. The molecule has 1 aromatic carbocycles. The van der Waals surface area contributed by atoms with Gasteiger partial charge in [-0.3, -0.25) is 0 Å². The number of benzene rings is 1. The van der Waals surface area contributed by atoms with Gasteiger partial charge >= 0.3 is 0 Å². The van der Waals surface area contributed by atoms with E-state index < -0.39 is 0 Å². The van der Waals surface area contributed by atoms with E-state index in [4.69, 9.17) is 4.74 Å². The van der Waals surface area contributed by atoms with Crippen molar-refractivity contribution >= 4 is 5.57 Å². The van der Waals surface area contributed by atoms with E-state index in [1.165, 1.54) is 7.11 Å². The molecule has 0 aromatic heterocycles. The van der Waals surface area contributed by atoms with E-state index in [9.17, 15) is 5.11 Å². The lowest BCUT2D eigenvalue weighted by atomic mass is 10.1. The van der Waals surface area contributed by atoms with Crippen LogP contribution in [0.1, 0.15) is 12.5 Å². The van der Waals surface area contributed by atoms with Crippen molar-refractivity contribution in [2.24, 2.45) is 0 Å². The van der Waals surface area contributed by atoms with Crippen LogP contribution in [0.15, 0.2) is 36.3 Å². The Hall–Kier alpha value is -1.44. The molecule has 0 saturated carbocycles. The number of rotatable bonds is 2. The highest BCUT2D eigenvalue weighted by molar-refractivity contribution is 5.63. The Bertz CT molecular complexity index is 275. The molecule has 1 N–H and O–H groups in total. The normalized spacial score (nSPS) is 12.2. The smallest absolute Gasteiger partial charge is 0.279 e. The molecule has 0 radical (unpaired) electrons. The van der Waals surface area contributed by atoms with Crippen molar-refractivity contribution in [1.82, 2.24) is 0 Å². The van der Waals surface area contributed by atoms with Crippen molar-refractivity contribution in [3.63, 3.8) is 0 Å². The van der Waals surface area contributed by atoms with Crippen LogP contribution in [0.5, 0.6) is 0 Å². The van der Waals surface area contributed by atoms with Crippen LogP contribution in [0, 0.1) is 0 Å². The van der Waals surface area contributed by atoms with Crippen LogP contribution in [-0.2, 0) is 4.74 Å². The Morgan fingerprint density at radius 1 is 1.25 bits per heavy atom. The van der Waals surface area contributed by atoms with E-state index in [1.54, 1.807) is 0 Å². The number of hydrogen-bond donors (Lipinski definition) is 1. The Kier molecular flexibility index (Phi) is 2.75. The molecule has 2 nitrogen and oxygen atoms in total. The van der Waals surface area contributed by atoms with Gasteiger partial charge in [0.15, 0.2) is 0 Å². The first kappa shape index (κ1) is 8.65. The van der Waals surface area contributed by atoms with Crippen molar-refractivity contribution < 1.29 is 9.84 Å². The molecular formula is C10H12O2. The highest BCUT2D eigenvalue weighted by Gasteiger charge is 2.01. The average Bonchev–Trinajstić information content (AvgIpc) is 2.17. The van der Waals surface area contributed by atoms with Crippen molar-refractivity contribution in [2.75, 3.05) is 7.11 Å². The Balaban J connectivity index is 3.00. The highest BCUT2D eigenvalue weighted by atomic mass is 16.6. The molecule has 0 amide bonds. The second kappa shape index (κ2) is 3.81. The van der Waals surface area contributed by atoms with E-state index in [0.29, 0.717) is 0 Å². The van der Waals surface area contributed by atoms with Crippen LogP contribution in [-0.4, -0.2) is 12.2 Å². The quantitative estimate of drug-likeness (QED) is 0.681. The molecular weight excluding hydrogens is 152 g/mol. The molecule has 0 atom stereocenters. The summed E-state index contributed by atoms with van der Waals surface area (Å²) in [4.78, 5) is 0. The first-order valence-electron chi connectivity index (χ1n) is 3.75. The van der Waals surface area contributed by atoms with Gasteiger partial charge in [0, 0.05) is 5.57 Å². The van der Waals surface area contributed by atoms with Gasteiger partial charge in [-0.1, -0.05) is 30.3 Å². The summed E-state index contributed by atoms with van der Waals surface area (Å²) in [5, 5.41) is 9.24. The van der Waals surface area contributed by atoms with Gasteiger partial charge in [-0.05, 0) is 12.5 Å². The fourth-order valence-corrected chi connectivity index (χ4v) is 0.965. The van der Waals surface area contributed by atoms with Gasteiger partial charge in [0.2, 0.25) is 0 Å². The van der Waals surface area contributed by atoms with Crippen LogP contribution >= 0.6 is 0 Å². The van der Waals surface area contributed by atoms with Gasteiger partial charge in [-0.15, -0.1) is 0 Å². The zero-order chi connectivity index (χ0) is 8.97. The molecule has 0 heterocycles. The molecule has 0 aliphatic rings. The van der Waals surface area contributed by atoms with Gasteiger partial charge in [0.1, 0.15) is 0 Å². The van der Waals surface area contributed by atoms with Crippen molar-refractivity contribution in [2.45, 2.75) is 6.92 Å². The van der Waals surface area contributed by atoms with Gasteiger partial charge in [0.05, 0.1) is 7.11 Å². The number of methoxy groups -OCH3 is 1. The Morgan fingerprint density at radius 3 is 2.33 bits per heavy atom. The maximum atomic E-state index is 9.24. The molecule has 2 heteroatoms. The topological polar surface area (TPSA) is 29.5 Å². The fourth-order valence-electron chi connectivity index (χ4n) is 0.965. The number of allylic oxidation sites excluding steroid dienone is 1. The van der Waals surface area contributed by atoms with Crippen LogP contribution < -0.4 is 0 Å². The largest absolute Gasteiger partial charge is 0.481 e. The molecule has 1 aromatic rings. The van der Waals surface area contributed by atoms with Crippen LogP contribution in [0.25, 0.3) is 5.57 Å². The van der Waals surface area contributed by atoms with Crippen molar-refractivity contribution in [1.29, 1.82) is 0 Å². The standard InChI is InChI=1S/C10H12O2/c1-8(10(11)12-2)9-6-4-3-5-7-9/h3-7,11H,1-2H3/b10-8+. The molecule has 0 spiro atoms. The maximum Gasteiger partial charge on any atom is 0.279 e. The molecule has 0 fully saturated rings. The molecule has 12 heavy (non-hydrogen) atoms. The summed E-state index contributed by atoms with van der Waals surface area (Å²) in [6, 6.07) is 9.61. The molecule has 1 rings (SSSR count). The van der Waals surface area contributed by atoms with E-state index in [-0.39, 0.29) is 5.95 Å². The Morgan fingerprint density at radius 2 is 1.83 bits per heavy atom. The second-order valence-corrected chi connectivity index (χ2v) is 2.50. The van der Waals surface area contributed by atoms with E-state index >= 15 is 0 Å². The SMILES string of the molecule is CO/C(O)=C(\C)c1ccccc1. The third-order valence-corrected chi connectivity index (χ3v) is 1.72. The molecule has 0 bridgehead atoms. The first-order valence-corrected chi connectivity index (χ1v) is 3.75. The number of aliphatic hydroxyl groups excluding tert-OH is 1. The lowest BCUT2D eigenvalue weighted by Gasteiger charge is -2.03. The van der Waals surface area contributed by atoms with E-state index in [0.717, 1.165) is 11.1 Å². The van der Waals surface area contributed by atoms with Crippen LogP contribution in [0.2, 0.25) is 0 Å². The number of hydrogen-bond acceptors (Lipinski definition) is 2. The summed E-state index contributed by atoms with van der Waals surface area (Å²) in [5.74, 6) is -0.0267. The van der Waals surface area contributed by atoms with Gasteiger partial charge in [-0.2, -0.15) is 0 Å². The summed E-state index contributed by atoms with van der Waals surface area (Å²) in [6.45, 7) is 1.81. The molecule has 0 aliphatic heterocycles. The minimum atomic E-state index is -0.0267. The molecule has 64 valence electrons. The lowest BCUT2D eigenvalue weighted by molar-refractivity contribution is 0.139. The highest BCUT2D eigenvalue weighted by Crippen LogP contribution is 2.15.